The second kappa shape index (κ2) is 9.47. The van der Waals surface area contributed by atoms with Gasteiger partial charge in [0.05, 0.1) is 35.2 Å². The number of carbonyl (C=O) groups excluding carboxylic acids is 1. The molecular weight excluding hydrogens is 485 g/mol. The van der Waals surface area contributed by atoms with Gasteiger partial charge in [-0.05, 0) is 31.5 Å². The summed E-state index contributed by atoms with van der Waals surface area (Å²) in [4.78, 5) is 23.5. The average molecular weight is 511 g/mol. The number of fused-ring (bicyclic) bond motifs is 1. The normalized spacial score (nSPS) is 16.4. The van der Waals surface area contributed by atoms with Gasteiger partial charge in [0, 0.05) is 30.8 Å². The van der Waals surface area contributed by atoms with Crippen molar-refractivity contribution in [1.29, 1.82) is 0 Å². The first-order valence-electron chi connectivity index (χ1n) is 11.8. The molecule has 3 aromatic heterocycles. The van der Waals surface area contributed by atoms with E-state index in [9.17, 15) is 18.0 Å². The van der Waals surface area contributed by atoms with E-state index in [1.165, 1.54) is 0 Å². The Morgan fingerprint density at radius 1 is 1.16 bits per heavy atom. The molecule has 192 valence electrons. The van der Waals surface area contributed by atoms with Gasteiger partial charge in [0.2, 0.25) is 0 Å². The quantitative estimate of drug-likeness (QED) is 0.444. The van der Waals surface area contributed by atoms with E-state index in [4.69, 9.17) is 10.5 Å². The van der Waals surface area contributed by atoms with Crippen molar-refractivity contribution in [3.8, 4) is 11.3 Å². The monoisotopic (exact) mass is 510 g/mol. The summed E-state index contributed by atoms with van der Waals surface area (Å²) in [5.74, 6) is -0.543. The van der Waals surface area contributed by atoms with E-state index < -0.39 is 11.7 Å². The van der Waals surface area contributed by atoms with Crippen molar-refractivity contribution in [2.45, 2.75) is 32.5 Å². The smallest absolute Gasteiger partial charge is 0.382 e. The molecule has 11 heteroatoms. The summed E-state index contributed by atoms with van der Waals surface area (Å²) in [7, 11) is 0. The first-order valence-corrected chi connectivity index (χ1v) is 11.8. The molecule has 2 N–H and O–H groups in total. The molecule has 0 bridgehead atoms. The number of anilines is 1. The van der Waals surface area contributed by atoms with E-state index in [0.717, 1.165) is 22.5 Å². The lowest BCUT2D eigenvalue weighted by molar-refractivity contribution is -0.136. The van der Waals surface area contributed by atoms with E-state index >= 15 is 0 Å². The summed E-state index contributed by atoms with van der Waals surface area (Å²) in [5.41, 5.74) is 7.35. The molecule has 1 aliphatic heterocycles. The van der Waals surface area contributed by atoms with Gasteiger partial charge >= 0.3 is 6.18 Å². The van der Waals surface area contributed by atoms with Gasteiger partial charge in [-0.25, -0.2) is 9.50 Å². The van der Waals surface area contributed by atoms with E-state index in [0.29, 0.717) is 48.6 Å². The molecule has 1 fully saturated rings. The predicted molar refractivity (Wildman–Crippen MR) is 131 cm³/mol. The van der Waals surface area contributed by atoms with Crippen LogP contribution in [-0.4, -0.2) is 56.2 Å². The first kappa shape index (κ1) is 24.7. The zero-order valence-corrected chi connectivity index (χ0v) is 20.3. The number of hydrogen-bond donors (Lipinski definition) is 1. The minimum absolute atomic E-state index is 0.124. The Hall–Kier alpha value is -3.99. The molecule has 1 unspecified atom stereocenters. The van der Waals surface area contributed by atoms with Crippen LogP contribution >= 0.6 is 0 Å². The number of aromatic nitrogens is 4. The Kier molecular flexibility index (Phi) is 6.32. The summed E-state index contributed by atoms with van der Waals surface area (Å²) < 4.78 is 48.5. The second-order valence-electron chi connectivity index (χ2n) is 9.03. The maximum absolute atomic E-state index is 13.8. The zero-order chi connectivity index (χ0) is 26.3. The number of ether oxygens (including phenoxy) is 1. The fraction of sp³-hybridized carbons (Fsp3) is 0.308. The number of benzene rings is 1. The van der Waals surface area contributed by atoms with Crippen LogP contribution in [0.15, 0.2) is 48.8 Å². The molecule has 1 saturated heterocycles. The molecule has 0 saturated carbocycles. The van der Waals surface area contributed by atoms with E-state index in [2.05, 4.69) is 15.1 Å². The molecule has 4 aromatic rings. The van der Waals surface area contributed by atoms with Gasteiger partial charge in [0.15, 0.2) is 5.82 Å². The number of amides is 1. The third-order valence-electron chi connectivity index (χ3n) is 6.53. The Bertz CT molecular complexity index is 1470. The number of nitrogen functional groups attached to an aromatic ring is 1. The minimum Gasteiger partial charge on any atom is -0.382 e. The van der Waals surface area contributed by atoms with Crippen LogP contribution in [0.4, 0.5) is 19.0 Å². The number of halogens is 3. The van der Waals surface area contributed by atoms with Gasteiger partial charge in [-0.15, -0.1) is 0 Å². The highest BCUT2D eigenvalue weighted by Crippen LogP contribution is 2.39. The second-order valence-corrected chi connectivity index (χ2v) is 9.03. The number of nitrogens with zero attached hydrogens (tertiary/aromatic N) is 5. The lowest BCUT2D eigenvalue weighted by Crippen LogP contribution is -2.46. The molecule has 8 nitrogen and oxygen atoms in total. The minimum atomic E-state index is -4.67. The highest BCUT2D eigenvalue weighted by atomic mass is 19.4. The van der Waals surface area contributed by atoms with Crippen molar-refractivity contribution in [3.63, 3.8) is 0 Å². The Balaban J connectivity index is 1.51. The van der Waals surface area contributed by atoms with Gasteiger partial charge in [-0.2, -0.15) is 18.3 Å². The van der Waals surface area contributed by atoms with Crippen molar-refractivity contribution in [3.05, 3.63) is 76.9 Å². The molecule has 37 heavy (non-hydrogen) atoms. The number of morpholine rings is 1. The largest absolute Gasteiger partial charge is 0.418 e. The van der Waals surface area contributed by atoms with Crippen LogP contribution in [0, 0.1) is 13.8 Å². The topological polar surface area (TPSA) is 98.6 Å². The third-order valence-corrected chi connectivity index (χ3v) is 6.53. The highest BCUT2D eigenvalue weighted by Gasteiger charge is 2.37. The average Bonchev–Trinajstić information content (AvgIpc) is 3.26. The van der Waals surface area contributed by atoms with Gasteiger partial charge in [-0.3, -0.25) is 9.78 Å². The lowest BCUT2D eigenvalue weighted by atomic mass is 10.0. The number of alkyl halides is 3. The van der Waals surface area contributed by atoms with Gasteiger partial charge in [-0.1, -0.05) is 30.3 Å². The van der Waals surface area contributed by atoms with Crippen molar-refractivity contribution >= 4 is 17.2 Å². The molecule has 1 aromatic carbocycles. The number of pyridine rings is 1. The SMILES string of the molecule is Cc1nc(C)c(-c2cc(C(F)(F)F)c3c(N)ncnn23)cc1C(=O)N1CCOC(Cc2ccccc2)C1. The molecule has 1 atom stereocenters. The Morgan fingerprint density at radius 2 is 1.92 bits per heavy atom. The molecule has 5 rings (SSSR count). The summed E-state index contributed by atoms with van der Waals surface area (Å²) in [6.07, 6.45) is -3.08. The number of nitrogens with two attached hydrogens (primary N) is 1. The molecule has 4 heterocycles. The zero-order valence-electron chi connectivity index (χ0n) is 20.3. The molecule has 0 spiro atoms. The number of carbonyl (C=O) groups is 1. The van der Waals surface area contributed by atoms with Crippen molar-refractivity contribution in [2.24, 2.45) is 0 Å². The molecule has 0 aliphatic carbocycles. The molecule has 1 amide bonds. The summed E-state index contributed by atoms with van der Waals surface area (Å²) in [6, 6.07) is 12.4. The van der Waals surface area contributed by atoms with Crippen LogP contribution in [0.1, 0.15) is 32.9 Å². The van der Waals surface area contributed by atoms with Crippen LogP contribution in [0.25, 0.3) is 16.8 Å². The molecular formula is C26H25F3N6O2. The van der Waals surface area contributed by atoms with Crippen LogP contribution in [0.3, 0.4) is 0 Å². The van der Waals surface area contributed by atoms with Crippen molar-refractivity contribution in [2.75, 3.05) is 25.4 Å². The van der Waals surface area contributed by atoms with Gasteiger partial charge < -0.3 is 15.4 Å². The van der Waals surface area contributed by atoms with Crippen LogP contribution in [0.2, 0.25) is 0 Å². The Labute approximate surface area is 210 Å². The Morgan fingerprint density at radius 3 is 2.65 bits per heavy atom. The maximum Gasteiger partial charge on any atom is 0.418 e. The highest BCUT2D eigenvalue weighted by molar-refractivity contribution is 5.97. The van der Waals surface area contributed by atoms with Gasteiger partial charge in [0.25, 0.3) is 5.91 Å². The van der Waals surface area contributed by atoms with E-state index in [-0.39, 0.29) is 29.0 Å². The summed E-state index contributed by atoms with van der Waals surface area (Å²) in [6.45, 7) is 4.58. The van der Waals surface area contributed by atoms with Crippen LogP contribution in [-0.2, 0) is 17.3 Å². The first-order chi connectivity index (χ1) is 17.6. The fourth-order valence-electron chi connectivity index (χ4n) is 4.75. The summed E-state index contributed by atoms with van der Waals surface area (Å²) >= 11 is 0. The fourth-order valence-corrected chi connectivity index (χ4v) is 4.75. The van der Waals surface area contributed by atoms with Crippen LogP contribution < -0.4 is 5.73 Å². The number of rotatable bonds is 4. The van der Waals surface area contributed by atoms with E-state index in [1.807, 2.05) is 30.3 Å². The molecule has 1 aliphatic rings. The lowest BCUT2D eigenvalue weighted by Gasteiger charge is -2.33. The summed E-state index contributed by atoms with van der Waals surface area (Å²) in [5, 5.41) is 4.02. The number of hydrogen-bond acceptors (Lipinski definition) is 6. The van der Waals surface area contributed by atoms with Crippen LogP contribution in [0.5, 0.6) is 0 Å². The van der Waals surface area contributed by atoms with Gasteiger partial charge in [0.1, 0.15) is 11.8 Å². The number of aryl methyl sites for hydroxylation is 2. The molecule has 0 radical (unpaired) electrons. The maximum atomic E-state index is 13.8. The third kappa shape index (κ3) is 4.74. The standard InChI is InChI=1S/C26H25F3N6O2/c1-15-19(22-12-21(26(27,28)29)23-24(30)31-14-32-35(22)23)11-20(16(2)33-15)25(36)34-8-9-37-18(13-34)10-17-6-4-3-5-7-17/h3-7,11-12,14,18H,8-10,13H2,1-2H3,(H2,30,31,32). The predicted octanol–water partition coefficient (Wildman–Crippen LogP) is 4.09. The van der Waals surface area contributed by atoms with Crippen molar-refractivity contribution in [1.82, 2.24) is 24.5 Å². The van der Waals surface area contributed by atoms with Crippen molar-refractivity contribution < 1.29 is 22.7 Å². The van der Waals surface area contributed by atoms with E-state index in [1.54, 1.807) is 24.8 Å².